The lowest BCUT2D eigenvalue weighted by Crippen LogP contribution is -2.35. The van der Waals surface area contributed by atoms with Crippen LogP contribution in [0.3, 0.4) is 0 Å². The number of furan rings is 1. The van der Waals surface area contributed by atoms with E-state index in [1.807, 2.05) is 18.2 Å². The van der Waals surface area contributed by atoms with Crippen molar-refractivity contribution >= 4 is 28.5 Å². The molecule has 7 heteroatoms. The number of amides is 1. The Labute approximate surface area is 131 Å². The molecule has 1 amide bonds. The van der Waals surface area contributed by atoms with Gasteiger partial charge in [-0.1, -0.05) is 18.2 Å². The van der Waals surface area contributed by atoms with Crippen molar-refractivity contribution in [2.75, 3.05) is 5.32 Å². The lowest BCUT2D eigenvalue weighted by Gasteiger charge is -2.19. The van der Waals surface area contributed by atoms with E-state index in [-0.39, 0.29) is 5.76 Å². The number of hydrogen-bond acceptors (Lipinski definition) is 4. The molecule has 0 aliphatic carbocycles. The van der Waals surface area contributed by atoms with Gasteiger partial charge in [-0.15, -0.1) is 0 Å². The highest BCUT2D eigenvalue weighted by Gasteiger charge is 2.30. The standard InChI is InChI=1S/C16H15N3O4/c1-16(2,15(21)22)19-9-11(8-17-19)18-14(20)13-7-10-5-3-4-6-12(10)23-13/h3-9H,1-2H3,(H,18,20)(H,21,22). The molecule has 0 aliphatic heterocycles. The van der Waals surface area contributed by atoms with Crippen molar-refractivity contribution in [3.63, 3.8) is 0 Å². The highest BCUT2D eigenvalue weighted by Crippen LogP contribution is 2.21. The van der Waals surface area contributed by atoms with E-state index in [0.717, 1.165) is 5.39 Å². The van der Waals surface area contributed by atoms with E-state index in [2.05, 4.69) is 10.4 Å². The average Bonchev–Trinajstić information content (AvgIpc) is 3.13. The summed E-state index contributed by atoms with van der Waals surface area (Å²) in [6.07, 6.45) is 2.86. The van der Waals surface area contributed by atoms with Crippen molar-refractivity contribution in [2.45, 2.75) is 19.4 Å². The molecule has 2 aromatic heterocycles. The van der Waals surface area contributed by atoms with Crippen molar-refractivity contribution in [2.24, 2.45) is 0 Å². The van der Waals surface area contributed by atoms with E-state index in [9.17, 15) is 14.7 Å². The quantitative estimate of drug-likeness (QED) is 0.772. The highest BCUT2D eigenvalue weighted by atomic mass is 16.4. The molecule has 1 aromatic carbocycles. The molecule has 0 atom stereocenters. The average molecular weight is 313 g/mol. The van der Waals surface area contributed by atoms with Crippen LogP contribution in [0.2, 0.25) is 0 Å². The Hall–Kier alpha value is -3.09. The van der Waals surface area contributed by atoms with Crippen LogP contribution in [0.5, 0.6) is 0 Å². The molecule has 118 valence electrons. The molecular weight excluding hydrogens is 298 g/mol. The van der Waals surface area contributed by atoms with Gasteiger partial charge in [0.05, 0.1) is 11.9 Å². The summed E-state index contributed by atoms with van der Waals surface area (Å²) >= 11 is 0. The normalized spacial score (nSPS) is 11.6. The summed E-state index contributed by atoms with van der Waals surface area (Å²) in [4.78, 5) is 23.4. The second-order valence-electron chi connectivity index (χ2n) is 5.64. The summed E-state index contributed by atoms with van der Waals surface area (Å²) in [5.41, 5.74) is -0.187. The topological polar surface area (TPSA) is 97.4 Å². The number of carboxylic acid groups (broad SMARTS) is 1. The molecule has 0 radical (unpaired) electrons. The first kappa shape index (κ1) is 14.8. The van der Waals surface area contributed by atoms with Gasteiger partial charge in [0.2, 0.25) is 0 Å². The van der Waals surface area contributed by atoms with Crippen molar-refractivity contribution in [3.05, 3.63) is 48.5 Å². The first-order valence-corrected chi connectivity index (χ1v) is 6.96. The number of aliphatic carboxylic acids is 1. The number of rotatable bonds is 4. The van der Waals surface area contributed by atoms with E-state index < -0.39 is 17.4 Å². The number of carbonyl (C=O) groups excluding carboxylic acids is 1. The van der Waals surface area contributed by atoms with E-state index >= 15 is 0 Å². The maximum Gasteiger partial charge on any atom is 0.331 e. The fourth-order valence-corrected chi connectivity index (χ4v) is 2.08. The van der Waals surface area contributed by atoms with Gasteiger partial charge in [0.1, 0.15) is 5.58 Å². The summed E-state index contributed by atoms with van der Waals surface area (Å²) in [5.74, 6) is -1.26. The first-order valence-electron chi connectivity index (χ1n) is 6.96. The zero-order valence-electron chi connectivity index (χ0n) is 12.6. The molecule has 23 heavy (non-hydrogen) atoms. The number of anilines is 1. The van der Waals surface area contributed by atoms with Crippen LogP contribution in [0.15, 0.2) is 47.1 Å². The number of aromatic nitrogens is 2. The third-order valence-corrected chi connectivity index (χ3v) is 3.59. The predicted molar refractivity (Wildman–Crippen MR) is 83.4 cm³/mol. The van der Waals surface area contributed by atoms with Crippen molar-refractivity contribution in [1.29, 1.82) is 0 Å². The fourth-order valence-electron chi connectivity index (χ4n) is 2.08. The van der Waals surface area contributed by atoms with E-state index in [4.69, 9.17) is 4.42 Å². The van der Waals surface area contributed by atoms with Crippen molar-refractivity contribution in [1.82, 2.24) is 9.78 Å². The smallest absolute Gasteiger partial charge is 0.331 e. The van der Waals surface area contributed by atoms with Crippen LogP contribution in [0.1, 0.15) is 24.4 Å². The van der Waals surface area contributed by atoms with E-state index in [1.165, 1.54) is 30.9 Å². The van der Waals surface area contributed by atoms with Crippen LogP contribution in [0, 0.1) is 0 Å². The minimum Gasteiger partial charge on any atom is -0.479 e. The fraction of sp³-hybridized carbons (Fsp3) is 0.188. The number of carbonyl (C=O) groups is 2. The maximum atomic E-state index is 12.2. The van der Waals surface area contributed by atoms with Crippen LogP contribution < -0.4 is 5.32 Å². The van der Waals surface area contributed by atoms with Gasteiger partial charge in [-0.3, -0.25) is 9.48 Å². The summed E-state index contributed by atoms with van der Waals surface area (Å²) in [5, 5.41) is 16.6. The molecule has 0 saturated carbocycles. The summed E-state index contributed by atoms with van der Waals surface area (Å²) in [7, 11) is 0. The van der Waals surface area contributed by atoms with Crippen LogP contribution in [-0.2, 0) is 10.3 Å². The van der Waals surface area contributed by atoms with Gasteiger partial charge in [0.15, 0.2) is 11.3 Å². The van der Waals surface area contributed by atoms with E-state index in [0.29, 0.717) is 11.3 Å². The molecule has 0 saturated heterocycles. The summed E-state index contributed by atoms with van der Waals surface area (Å²) in [6.45, 7) is 3.04. The molecule has 0 spiro atoms. The monoisotopic (exact) mass is 313 g/mol. The number of para-hydroxylation sites is 1. The van der Waals surface area contributed by atoms with Crippen LogP contribution in [0.4, 0.5) is 5.69 Å². The zero-order valence-corrected chi connectivity index (χ0v) is 12.6. The Kier molecular flexibility index (Phi) is 3.40. The molecule has 3 rings (SSSR count). The SMILES string of the molecule is CC(C)(C(=O)O)n1cc(NC(=O)c2cc3ccccc3o2)cn1. The molecule has 2 heterocycles. The Morgan fingerprint density at radius 1 is 1.30 bits per heavy atom. The van der Waals surface area contributed by atoms with Gasteiger partial charge in [-0.25, -0.2) is 4.79 Å². The van der Waals surface area contributed by atoms with Crippen molar-refractivity contribution in [3.8, 4) is 0 Å². The lowest BCUT2D eigenvalue weighted by molar-refractivity contribution is -0.146. The third-order valence-electron chi connectivity index (χ3n) is 3.59. The molecular formula is C16H15N3O4. The number of benzene rings is 1. The number of nitrogens with zero attached hydrogens (tertiary/aromatic N) is 2. The van der Waals surface area contributed by atoms with Gasteiger partial charge >= 0.3 is 5.97 Å². The van der Waals surface area contributed by atoms with Crippen LogP contribution in [0.25, 0.3) is 11.0 Å². The Morgan fingerprint density at radius 3 is 2.74 bits per heavy atom. The molecule has 0 fully saturated rings. The highest BCUT2D eigenvalue weighted by molar-refractivity contribution is 6.04. The van der Waals surface area contributed by atoms with E-state index in [1.54, 1.807) is 12.1 Å². The van der Waals surface area contributed by atoms with Crippen LogP contribution >= 0.6 is 0 Å². The molecule has 7 nitrogen and oxygen atoms in total. The lowest BCUT2D eigenvalue weighted by atomic mass is 10.1. The Balaban J connectivity index is 1.81. The molecule has 0 aliphatic rings. The summed E-state index contributed by atoms with van der Waals surface area (Å²) < 4.78 is 6.76. The minimum atomic E-state index is -1.21. The van der Waals surface area contributed by atoms with Gasteiger partial charge in [0, 0.05) is 11.6 Å². The van der Waals surface area contributed by atoms with Gasteiger partial charge in [0.25, 0.3) is 5.91 Å². The minimum absolute atomic E-state index is 0.177. The predicted octanol–water partition coefficient (Wildman–Crippen LogP) is 2.70. The largest absolute Gasteiger partial charge is 0.479 e. The number of hydrogen-bond donors (Lipinski definition) is 2. The van der Waals surface area contributed by atoms with Crippen molar-refractivity contribution < 1.29 is 19.1 Å². The third kappa shape index (κ3) is 2.68. The molecule has 0 unspecified atom stereocenters. The Morgan fingerprint density at radius 2 is 2.04 bits per heavy atom. The number of carboxylic acids is 1. The number of fused-ring (bicyclic) bond motifs is 1. The molecule has 3 aromatic rings. The van der Waals surface area contributed by atoms with Gasteiger partial charge in [-0.2, -0.15) is 5.10 Å². The molecule has 2 N–H and O–H groups in total. The summed E-state index contributed by atoms with van der Waals surface area (Å²) in [6, 6.07) is 8.96. The van der Waals surface area contributed by atoms with Crippen LogP contribution in [-0.4, -0.2) is 26.8 Å². The Bertz CT molecular complexity index is 859. The molecule has 0 bridgehead atoms. The second-order valence-corrected chi connectivity index (χ2v) is 5.64. The van der Waals surface area contributed by atoms with Gasteiger partial charge < -0.3 is 14.8 Å². The number of nitrogens with one attached hydrogen (secondary N) is 1. The second kappa shape index (κ2) is 5.28. The first-order chi connectivity index (χ1) is 10.9. The maximum absolute atomic E-state index is 12.2. The zero-order chi connectivity index (χ0) is 16.6. The van der Waals surface area contributed by atoms with Gasteiger partial charge in [-0.05, 0) is 26.0 Å².